The van der Waals surface area contributed by atoms with E-state index in [4.69, 9.17) is 10.9 Å². The zero-order valence-corrected chi connectivity index (χ0v) is 9.89. The fourth-order valence-corrected chi connectivity index (χ4v) is 2.32. The Kier molecular flexibility index (Phi) is 4.12. The molecule has 108 valence electrons. The smallest absolute Gasteiger partial charge is 0.325 e. The third-order valence-corrected chi connectivity index (χ3v) is 3.12. The lowest BCUT2D eigenvalue weighted by atomic mass is 10.2. The van der Waals surface area contributed by atoms with E-state index in [-0.39, 0.29) is 6.07 Å². The van der Waals surface area contributed by atoms with Crippen molar-refractivity contribution in [3.05, 3.63) is 23.0 Å². The van der Waals surface area contributed by atoms with Crippen LogP contribution in [-0.2, 0) is 22.7 Å². The van der Waals surface area contributed by atoms with Crippen LogP contribution in [0.2, 0.25) is 0 Å². The molecule has 1 aromatic heterocycles. The summed E-state index contributed by atoms with van der Waals surface area (Å²) in [5.41, 5.74) is 1.15. The highest BCUT2D eigenvalue weighted by Crippen LogP contribution is 2.34. The lowest BCUT2D eigenvalue weighted by Gasteiger charge is -2.14. The first-order chi connectivity index (χ1) is 8.48. The quantitative estimate of drug-likeness (QED) is 0.818. The minimum absolute atomic E-state index is 0.0520. The normalized spacial score (nSPS) is 13.1. The molecule has 0 unspecified atom stereocenters. The van der Waals surface area contributed by atoms with Crippen molar-refractivity contribution in [1.29, 1.82) is 0 Å². The Balaban J connectivity index is 3.74. The molecule has 0 saturated heterocycles. The summed E-state index contributed by atoms with van der Waals surface area (Å²) in [6.07, 6.45) is -8.48. The van der Waals surface area contributed by atoms with Crippen molar-refractivity contribution in [1.82, 2.24) is 4.98 Å². The average molecular weight is 305 g/mol. The van der Waals surface area contributed by atoms with Gasteiger partial charge in [0.15, 0.2) is 0 Å². The molecule has 1 aromatic rings. The molecule has 1 heterocycles. The first kappa shape index (κ1) is 15.7. The van der Waals surface area contributed by atoms with Crippen molar-refractivity contribution in [2.45, 2.75) is 24.0 Å². The van der Waals surface area contributed by atoms with Gasteiger partial charge in [0.1, 0.15) is 10.6 Å². The van der Waals surface area contributed by atoms with Crippen LogP contribution in [0.15, 0.2) is 11.0 Å². The molecular formula is C8H8F5N3O2S. The van der Waals surface area contributed by atoms with Crippen molar-refractivity contribution in [3.63, 3.8) is 0 Å². The monoisotopic (exact) mass is 305 g/mol. The van der Waals surface area contributed by atoms with Crippen molar-refractivity contribution in [2.24, 2.45) is 10.9 Å². The van der Waals surface area contributed by atoms with Crippen LogP contribution in [0.1, 0.15) is 23.4 Å². The summed E-state index contributed by atoms with van der Waals surface area (Å²) in [7, 11) is -4.67. The summed E-state index contributed by atoms with van der Waals surface area (Å²) in [6.45, 7) is -0.782. The number of nitrogens with zero attached hydrogens (tertiary/aromatic N) is 1. The van der Waals surface area contributed by atoms with E-state index in [1.54, 1.807) is 0 Å². The van der Waals surface area contributed by atoms with E-state index >= 15 is 0 Å². The highest BCUT2D eigenvalue weighted by atomic mass is 32.2. The van der Waals surface area contributed by atoms with Crippen molar-refractivity contribution >= 4 is 10.0 Å². The van der Waals surface area contributed by atoms with Gasteiger partial charge in [0.05, 0.1) is 5.69 Å². The first-order valence-corrected chi connectivity index (χ1v) is 6.15. The molecule has 19 heavy (non-hydrogen) atoms. The van der Waals surface area contributed by atoms with Gasteiger partial charge in [-0.3, -0.25) is 0 Å². The van der Waals surface area contributed by atoms with Crippen molar-refractivity contribution < 1.29 is 30.4 Å². The SMILES string of the molecule is NCc1nc(C(F)(F)F)cc(C(F)F)c1S(N)(=O)=O. The predicted molar refractivity (Wildman–Crippen MR) is 53.5 cm³/mol. The maximum Gasteiger partial charge on any atom is 0.433 e. The molecule has 11 heteroatoms. The van der Waals surface area contributed by atoms with Gasteiger partial charge in [0, 0.05) is 12.1 Å². The Hall–Kier alpha value is -1.33. The van der Waals surface area contributed by atoms with E-state index in [9.17, 15) is 30.4 Å². The summed E-state index contributed by atoms with van der Waals surface area (Å²) in [6, 6.07) is -0.0520. The maximum absolute atomic E-state index is 12.7. The lowest BCUT2D eigenvalue weighted by molar-refractivity contribution is -0.141. The topological polar surface area (TPSA) is 99.1 Å². The predicted octanol–water partition coefficient (Wildman–Crippen LogP) is 1.14. The third kappa shape index (κ3) is 3.36. The zero-order chi connectivity index (χ0) is 15.0. The van der Waals surface area contributed by atoms with Gasteiger partial charge in [0.2, 0.25) is 10.0 Å². The molecule has 0 spiro atoms. The lowest BCUT2D eigenvalue weighted by Crippen LogP contribution is -2.22. The van der Waals surface area contributed by atoms with Crippen LogP contribution in [0.4, 0.5) is 22.0 Å². The van der Waals surface area contributed by atoms with Gasteiger partial charge in [-0.1, -0.05) is 0 Å². The van der Waals surface area contributed by atoms with Crippen LogP contribution >= 0.6 is 0 Å². The molecular weight excluding hydrogens is 297 g/mol. The number of primary sulfonamides is 1. The van der Waals surface area contributed by atoms with Gasteiger partial charge >= 0.3 is 6.18 Å². The van der Waals surface area contributed by atoms with Crippen LogP contribution < -0.4 is 10.9 Å². The second-order valence-electron chi connectivity index (χ2n) is 3.42. The van der Waals surface area contributed by atoms with Crippen LogP contribution in [0.3, 0.4) is 0 Å². The summed E-state index contributed by atoms with van der Waals surface area (Å²) in [5, 5.41) is 4.69. The molecule has 0 amide bonds. The summed E-state index contributed by atoms with van der Waals surface area (Å²) >= 11 is 0. The van der Waals surface area contributed by atoms with Crippen LogP contribution in [0.25, 0.3) is 0 Å². The number of hydrogen-bond donors (Lipinski definition) is 2. The Morgan fingerprint density at radius 2 is 1.84 bits per heavy atom. The zero-order valence-electron chi connectivity index (χ0n) is 9.08. The number of hydrogen-bond acceptors (Lipinski definition) is 4. The van der Waals surface area contributed by atoms with Gasteiger partial charge < -0.3 is 5.73 Å². The van der Waals surface area contributed by atoms with Gasteiger partial charge in [-0.15, -0.1) is 0 Å². The standard InChI is InChI=1S/C8H8F5N3O2S/c9-7(10)3-1-5(8(11,12)13)16-4(2-14)6(3)19(15,17)18/h1,7H,2,14H2,(H2,15,17,18). The molecule has 0 fully saturated rings. The van der Waals surface area contributed by atoms with E-state index in [1.165, 1.54) is 0 Å². The van der Waals surface area contributed by atoms with Gasteiger partial charge in [-0.25, -0.2) is 27.3 Å². The van der Waals surface area contributed by atoms with Crippen LogP contribution in [-0.4, -0.2) is 13.4 Å². The minimum atomic E-state index is -5.01. The molecule has 0 atom stereocenters. The second kappa shape index (κ2) is 4.98. The number of sulfonamides is 1. The van der Waals surface area contributed by atoms with E-state index < -0.39 is 51.0 Å². The molecule has 0 aliphatic rings. The highest BCUT2D eigenvalue weighted by molar-refractivity contribution is 7.89. The molecule has 0 aliphatic carbocycles. The van der Waals surface area contributed by atoms with Crippen LogP contribution in [0, 0.1) is 0 Å². The molecule has 4 N–H and O–H groups in total. The number of pyridine rings is 1. The fraction of sp³-hybridized carbons (Fsp3) is 0.375. The summed E-state index contributed by atoms with van der Waals surface area (Å²) < 4.78 is 85.0. The van der Waals surface area contributed by atoms with E-state index in [0.29, 0.717) is 0 Å². The molecule has 0 bridgehead atoms. The Labute approximate surface area is 104 Å². The maximum atomic E-state index is 12.7. The summed E-state index contributed by atoms with van der Waals surface area (Å²) in [4.78, 5) is 1.76. The average Bonchev–Trinajstić information content (AvgIpc) is 2.24. The Bertz CT molecular complexity index is 585. The number of rotatable bonds is 3. The Morgan fingerprint density at radius 3 is 2.16 bits per heavy atom. The van der Waals surface area contributed by atoms with E-state index in [0.717, 1.165) is 0 Å². The number of nitrogens with two attached hydrogens (primary N) is 2. The molecule has 5 nitrogen and oxygen atoms in total. The van der Waals surface area contributed by atoms with Crippen molar-refractivity contribution in [3.8, 4) is 0 Å². The molecule has 0 aliphatic heterocycles. The van der Waals surface area contributed by atoms with Crippen LogP contribution in [0.5, 0.6) is 0 Å². The van der Waals surface area contributed by atoms with E-state index in [2.05, 4.69) is 4.98 Å². The largest absolute Gasteiger partial charge is 0.433 e. The number of halogens is 5. The van der Waals surface area contributed by atoms with Crippen molar-refractivity contribution in [2.75, 3.05) is 0 Å². The van der Waals surface area contributed by atoms with Gasteiger partial charge in [-0.2, -0.15) is 13.2 Å². The highest BCUT2D eigenvalue weighted by Gasteiger charge is 2.36. The third-order valence-electron chi connectivity index (χ3n) is 2.08. The molecule has 0 aromatic carbocycles. The molecule has 1 rings (SSSR count). The molecule has 0 radical (unpaired) electrons. The fourth-order valence-electron chi connectivity index (χ4n) is 1.38. The van der Waals surface area contributed by atoms with Gasteiger partial charge in [0.25, 0.3) is 6.43 Å². The first-order valence-electron chi connectivity index (χ1n) is 4.60. The summed E-state index contributed by atoms with van der Waals surface area (Å²) in [5.74, 6) is 0. The Morgan fingerprint density at radius 1 is 1.32 bits per heavy atom. The number of alkyl halides is 5. The second-order valence-corrected chi connectivity index (χ2v) is 4.92. The minimum Gasteiger partial charge on any atom is -0.325 e. The van der Waals surface area contributed by atoms with E-state index in [1.807, 2.05) is 0 Å². The molecule has 0 saturated carbocycles. The van der Waals surface area contributed by atoms with Gasteiger partial charge in [-0.05, 0) is 6.07 Å². The number of aromatic nitrogens is 1.